The lowest BCUT2D eigenvalue weighted by Gasteiger charge is -2.07. The first-order chi connectivity index (χ1) is 13.6. The molecule has 0 bridgehead atoms. The topological polar surface area (TPSA) is 92.5 Å². The number of hydrogen-bond acceptors (Lipinski definition) is 7. The van der Waals surface area contributed by atoms with Gasteiger partial charge in [-0.3, -0.25) is 4.79 Å². The van der Waals surface area contributed by atoms with Crippen LogP contribution in [-0.4, -0.2) is 41.4 Å². The summed E-state index contributed by atoms with van der Waals surface area (Å²) in [7, 11) is 1.48. The van der Waals surface area contributed by atoms with Crippen LogP contribution in [0, 0.1) is 0 Å². The van der Waals surface area contributed by atoms with E-state index in [1.54, 1.807) is 12.1 Å². The van der Waals surface area contributed by atoms with Crippen molar-refractivity contribution in [3.05, 3.63) is 53.6 Å². The average Bonchev–Trinajstić information content (AvgIpc) is 3.04. The highest BCUT2D eigenvalue weighted by molar-refractivity contribution is 8.15. The van der Waals surface area contributed by atoms with Crippen molar-refractivity contribution in [3.8, 4) is 17.2 Å². The van der Waals surface area contributed by atoms with Crippen LogP contribution in [-0.2, 0) is 11.2 Å². The highest BCUT2D eigenvalue weighted by atomic mass is 32.2. The number of ether oxygens (including phenoxy) is 2. The monoisotopic (exact) mass is 399 g/mol. The molecule has 0 aromatic heterocycles. The molecule has 3 rings (SSSR count). The van der Waals surface area contributed by atoms with Crippen molar-refractivity contribution < 1.29 is 19.4 Å². The molecule has 7 nitrogen and oxygen atoms in total. The predicted molar refractivity (Wildman–Crippen MR) is 111 cm³/mol. The third kappa shape index (κ3) is 5.04. The molecule has 1 amide bonds. The summed E-state index contributed by atoms with van der Waals surface area (Å²) in [6.07, 6.45) is 2.13. The second kappa shape index (κ2) is 9.27. The molecule has 0 aliphatic carbocycles. The summed E-state index contributed by atoms with van der Waals surface area (Å²) in [5.74, 6) is 1.15. The molecule has 1 aliphatic heterocycles. The van der Waals surface area contributed by atoms with Crippen molar-refractivity contribution in [2.75, 3.05) is 13.7 Å². The van der Waals surface area contributed by atoms with E-state index in [0.29, 0.717) is 23.9 Å². The van der Waals surface area contributed by atoms with Crippen LogP contribution < -0.4 is 14.8 Å². The van der Waals surface area contributed by atoms with Crippen molar-refractivity contribution in [3.63, 3.8) is 0 Å². The van der Waals surface area contributed by atoms with Gasteiger partial charge >= 0.3 is 0 Å². The zero-order chi connectivity index (χ0) is 19.9. The highest BCUT2D eigenvalue weighted by Gasteiger charge is 2.30. The van der Waals surface area contributed by atoms with Crippen molar-refractivity contribution in [2.45, 2.75) is 18.6 Å². The van der Waals surface area contributed by atoms with Gasteiger partial charge < -0.3 is 19.9 Å². The summed E-state index contributed by atoms with van der Waals surface area (Å²) in [4.78, 5) is 12.2. The third-order valence-electron chi connectivity index (χ3n) is 3.99. The van der Waals surface area contributed by atoms with Gasteiger partial charge in [-0.1, -0.05) is 23.9 Å². The minimum atomic E-state index is -0.249. The van der Waals surface area contributed by atoms with Gasteiger partial charge in [0.2, 0.25) is 5.91 Å². The van der Waals surface area contributed by atoms with Gasteiger partial charge in [0.15, 0.2) is 16.7 Å². The van der Waals surface area contributed by atoms with Gasteiger partial charge in [-0.25, -0.2) is 0 Å². The predicted octanol–water partition coefficient (Wildman–Crippen LogP) is 2.96. The molecule has 1 fully saturated rings. The number of benzene rings is 2. The molecule has 1 heterocycles. The fourth-order valence-electron chi connectivity index (χ4n) is 2.61. The molecule has 0 radical (unpaired) electrons. The smallest absolute Gasteiger partial charge is 0.239 e. The van der Waals surface area contributed by atoms with E-state index in [-0.39, 0.29) is 16.9 Å². The molecule has 2 N–H and O–H groups in total. The van der Waals surface area contributed by atoms with Crippen LogP contribution in [0.25, 0.3) is 0 Å². The molecular weight excluding hydrogens is 378 g/mol. The van der Waals surface area contributed by atoms with E-state index in [1.807, 2.05) is 31.2 Å². The SMILES string of the molecule is CCOc1ccc(CC2S/C(=N/N=C/c3ccc(O)c(OC)c3)NC2=O)cc1. The van der Waals surface area contributed by atoms with Crippen LogP contribution in [0.3, 0.4) is 0 Å². The molecule has 0 spiro atoms. The molecule has 2 aromatic carbocycles. The van der Waals surface area contributed by atoms with Crippen LogP contribution >= 0.6 is 11.8 Å². The zero-order valence-corrected chi connectivity index (χ0v) is 16.4. The number of aromatic hydroxyl groups is 1. The summed E-state index contributed by atoms with van der Waals surface area (Å²) in [6.45, 7) is 2.56. The molecule has 8 heteroatoms. The maximum atomic E-state index is 12.2. The summed E-state index contributed by atoms with van der Waals surface area (Å²) < 4.78 is 10.5. The quantitative estimate of drug-likeness (QED) is 0.552. The number of rotatable bonds is 7. The Labute approximate surface area is 167 Å². The van der Waals surface area contributed by atoms with E-state index in [2.05, 4.69) is 15.5 Å². The lowest BCUT2D eigenvalue weighted by atomic mass is 10.1. The lowest BCUT2D eigenvalue weighted by molar-refractivity contribution is -0.118. The van der Waals surface area contributed by atoms with Gasteiger partial charge in [0.25, 0.3) is 0 Å². The molecule has 1 atom stereocenters. The third-order valence-corrected chi connectivity index (χ3v) is 5.06. The maximum Gasteiger partial charge on any atom is 0.239 e. The van der Waals surface area contributed by atoms with Crippen molar-refractivity contribution >= 4 is 29.1 Å². The minimum absolute atomic E-state index is 0.0571. The minimum Gasteiger partial charge on any atom is -0.504 e. The Morgan fingerprint density at radius 2 is 2.04 bits per heavy atom. The largest absolute Gasteiger partial charge is 0.504 e. The molecule has 1 aliphatic rings. The van der Waals surface area contributed by atoms with E-state index >= 15 is 0 Å². The zero-order valence-electron chi connectivity index (χ0n) is 15.6. The molecular formula is C20H21N3O4S. The molecule has 1 unspecified atom stereocenters. The van der Waals surface area contributed by atoms with Crippen LogP contribution in [0.1, 0.15) is 18.1 Å². The number of nitrogens with zero attached hydrogens (tertiary/aromatic N) is 2. The molecule has 28 heavy (non-hydrogen) atoms. The Bertz CT molecular complexity index is 897. The first kappa shape index (κ1) is 19.8. The average molecular weight is 399 g/mol. The van der Waals surface area contributed by atoms with E-state index in [1.165, 1.54) is 31.2 Å². The Balaban J connectivity index is 1.60. The van der Waals surface area contributed by atoms with Gasteiger partial charge in [0.05, 0.1) is 25.2 Å². The first-order valence-corrected chi connectivity index (χ1v) is 9.64. The number of phenolic OH excluding ortho intramolecular Hbond substituents is 1. The van der Waals surface area contributed by atoms with Gasteiger partial charge in [-0.15, -0.1) is 5.10 Å². The number of carbonyl (C=O) groups is 1. The van der Waals surface area contributed by atoms with Crippen LogP contribution in [0.2, 0.25) is 0 Å². The van der Waals surface area contributed by atoms with Crippen molar-refractivity contribution in [1.82, 2.24) is 5.32 Å². The Morgan fingerprint density at radius 3 is 2.75 bits per heavy atom. The number of amides is 1. The Morgan fingerprint density at radius 1 is 1.25 bits per heavy atom. The second-order valence-electron chi connectivity index (χ2n) is 5.96. The number of amidine groups is 1. The molecule has 2 aromatic rings. The Hall–Kier alpha value is -3.00. The first-order valence-electron chi connectivity index (χ1n) is 8.76. The van der Waals surface area contributed by atoms with Gasteiger partial charge in [-0.05, 0) is 54.8 Å². The number of thioether (sulfide) groups is 1. The summed E-state index contributed by atoms with van der Waals surface area (Å²) in [5, 5.41) is 20.6. The highest BCUT2D eigenvalue weighted by Crippen LogP contribution is 2.26. The van der Waals surface area contributed by atoms with Crippen LogP contribution in [0.4, 0.5) is 0 Å². The fourth-order valence-corrected chi connectivity index (χ4v) is 3.58. The van der Waals surface area contributed by atoms with Crippen LogP contribution in [0.5, 0.6) is 17.2 Å². The fraction of sp³-hybridized carbons (Fsp3) is 0.250. The Kier molecular flexibility index (Phi) is 6.54. The molecule has 146 valence electrons. The molecule has 1 saturated heterocycles. The number of methoxy groups -OCH3 is 1. The van der Waals surface area contributed by atoms with Crippen molar-refractivity contribution in [2.24, 2.45) is 10.2 Å². The van der Waals surface area contributed by atoms with Gasteiger partial charge in [0, 0.05) is 0 Å². The van der Waals surface area contributed by atoms with Gasteiger partial charge in [-0.2, -0.15) is 5.10 Å². The number of carbonyl (C=O) groups excluding carboxylic acids is 1. The van der Waals surface area contributed by atoms with E-state index in [9.17, 15) is 9.90 Å². The van der Waals surface area contributed by atoms with Gasteiger partial charge in [0.1, 0.15) is 5.75 Å². The summed E-state index contributed by atoms with van der Waals surface area (Å²) in [6, 6.07) is 12.6. The normalized spacial score (nSPS) is 17.9. The van der Waals surface area contributed by atoms with E-state index in [4.69, 9.17) is 9.47 Å². The van der Waals surface area contributed by atoms with E-state index < -0.39 is 0 Å². The number of hydrogen-bond donors (Lipinski definition) is 2. The number of phenols is 1. The van der Waals surface area contributed by atoms with Crippen LogP contribution in [0.15, 0.2) is 52.7 Å². The second-order valence-corrected chi connectivity index (χ2v) is 7.15. The standard InChI is InChI=1S/C20H21N3O4S/c1-3-27-15-7-4-13(5-8-15)11-18-19(25)22-20(28-18)23-21-12-14-6-9-16(24)17(10-14)26-2/h4-10,12,18,24H,3,11H2,1-2H3,(H,22,23,25)/b21-12+. The lowest BCUT2D eigenvalue weighted by Crippen LogP contribution is -2.25. The summed E-state index contributed by atoms with van der Waals surface area (Å²) in [5.41, 5.74) is 1.77. The van der Waals surface area contributed by atoms with E-state index in [0.717, 1.165) is 16.9 Å². The summed E-state index contributed by atoms with van der Waals surface area (Å²) >= 11 is 1.35. The molecule has 0 saturated carbocycles. The number of nitrogens with one attached hydrogen (secondary N) is 1. The maximum absolute atomic E-state index is 12.2. The van der Waals surface area contributed by atoms with Crippen molar-refractivity contribution in [1.29, 1.82) is 0 Å².